The molecule has 156 valence electrons. The third-order valence-electron chi connectivity index (χ3n) is 4.79. The van der Waals surface area contributed by atoms with Crippen LogP contribution in [0.1, 0.15) is 6.42 Å². The summed E-state index contributed by atoms with van der Waals surface area (Å²) in [6, 6.07) is 12.9. The standard InChI is InChI=1S/C21H24Cl3N3O2/c22-16-2-5-18(6-3-16)27-12-10-26(11-13-27)9-1-8-25-21(28)15-29-20-7-4-17(23)14-19(20)24/h2-7,14H,1,8-13,15H2,(H,25,28). The predicted octanol–water partition coefficient (Wildman–Crippen LogP) is 4.35. The number of amides is 1. The summed E-state index contributed by atoms with van der Waals surface area (Å²) in [5.41, 5.74) is 1.21. The molecule has 1 saturated heterocycles. The van der Waals surface area contributed by atoms with Gasteiger partial charge in [0.05, 0.1) is 5.02 Å². The number of anilines is 1. The van der Waals surface area contributed by atoms with Crippen molar-refractivity contribution in [3.63, 3.8) is 0 Å². The number of hydrogen-bond donors (Lipinski definition) is 1. The second kappa shape index (κ2) is 10.9. The largest absolute Gasteiger partial charge is 0.482 e. The van der Waals surface area contributed by atoms with Crippen LogP contribution in [0.3, 0.4) is 0 Å². The fourth-order valence-corrected chi connectivity index (χ4v) is 3.79. The van der Waals surface area contributed by atoms with E-state index in [1.165, 1.54) is 5.69 Å². The van der Waals surface area contributed by atoms with Gasteiger partial charge in [-0.2, -0.15) is 0 Å². The minimum Gasteiger partial charge on any atom is -0.482 e. The summed E-state index contributed by atoms with van der Waals surface area (Å²) in [7, 11) is 0. The summed E-state index contributed by atoms with van der Waals surface area (Å²) in [6.07, 6.45) is 0.897. The Morgan fingerprint density at radius 1 is 0.966 bits per heavy atom. The molecule has 3 rings (SSSR count). The summed E-state index contributed by atoms with van der Waals surface area (Å²) < 4.78 is 5.43. The van der Waals surface area contributed by atoms with E-state index in [2.05, 4.69) is 27.2 Å². The minimum absolute atomic E-state index is 0.0683. The van der Waals surface area contributed by atoms with Gasteiger partial charge in [-0.25, -0.2) is 0 Å². The van der Waals surface area contributed by atoms with Crippen molar-refractivity contribution >= 4 is 46.4 Å². The zero-order valence-corrected chi connectivity index (χ0v) is 18.3. The highest BCUT2D eigenvalue weighted by atomic mass is 35.5. The van der Waals surface area contributed by atoms with Gasteiger partial charge in [-0.15, -0.1) is 0 Å². The molecule has 0 radical (unpaired) electrons. The van der Waals surface area contributed by atoms with E-state index in [-0.39, 0.29) is 12.5 Å². The minimum atomic E-state index is -0.163. The lowest BCUT2D eigenvalue weighted by atomic mass is 10.2. The van der Waals surface area contributed by atoms with E-state index < -0.39 is 0 Å². The van der Waals surface area contributed by atoms with Crippen molar-refractivity contribution in [2.24, 2.45) is 0 Å². The van der Waals surface area contributed by atoms with Crippen molar-refractivity contribution in [1.82, 2.24) is 10.2 Å². The van der Waals surface area contributed by atoms with Crippen LogP contribution in [0.15, 0.2) is 42.5 Å². The van der Waals surface area contributed by atoms with Crippen molar-refractivity contribution in [1.29, 1.82) is 0 Å². The smallest absolute Gasteiger partial charge is 0.257 e. The van der Waals surface area contributed by atoms with Gasteiger partial charge in [0, 0.05) is 48.5 Å². The van der Waals surface area contributed by atoms with E-state index in [0.717, 1.165) is 44.2 Å². The van der Waals surface area contributed by atoms with E-state index in [4.69, 9.17) is 39.5 Å². The molecular formula is C21H24Cl3N3O2. The lowest BCUT2D eigenvalue weighted by Crippen LogP contribution is -2.47. The zero-order valence-electron chi connectivity index (χ0n) is 16.0. The van der Waals surface area contributed by atoms with E-state index in [1.54, 1.807) is 18.2 Å². The molecular weight excluding hydrogens is 433 g/mol. The normalized spacial score (nSPS) is 14.7. The van der Waals surface area contributed by atoms with Crippen LogP contribution in [-0.2, 0) is 4.79 Å². The summed E-state index contributed by atoms with van der Waals surface area (Å²) in [5.74, 6) is 0.286. The summed E-state index contributed by atoms with van der Waals surface area (Å²) >= 11 is 17.8. The van der Waals surface area contributed by atoms with Gasteiger partial charge in [-0.3, -0.25) is 9.69 Å². The van der Waals surface area contributed by atoms with Crippen LogP contribution in [0.5, 0.6) is 5.75 Å². The Morgan fingerprint density at radius 2 is 1.66 bits per heavy atom. The monoisotopic (exact) mass is 455 g/mol. The molecule has 29 heavy (non-hydrogen) atoms. The van der Waals surface area contributed by atoms with Crippen LogP contribution in [0.2, 0.25) is 15.1 Å². The number of benzene rings is 2. The lowest BCUT2D eigenvalue weighted by Gasteiger charge is -2.36. The van der Waals surface area contributed by atoms with Gasteiger partial charge in [-0.1, -0.05) is 34.8 Å². The first kappa shape index (κ1) is 22.0. The Balaban J connectivity index is 1.29. The van der Waals surface area contributed by atoms with Gasteiger partial charge in [0.25, 0.3) is 5.91 Å². The number of hydrogen-bond acceptors (Lipinski definition) is 4. The number of nitrogens with zero attached hydrogens (tertiary/aromatic N) is 2. The second-order valence-electron chi connectivity index (χ2n) is 6.87. The Morgan fingerprint density at radius 3 is 2.34 bits per heavy atom. The Bertz CT molecular complexity index is 809. The number of ether oxygens (including phenoxy) is 1. The molecule has 0 aromatic heterocycles. The van der Waals surface area contributed by atoms with Gasteiger partial charge in [-0.05, 0) is 55.4 Å². The quantitative estimate of drug-likeness (QED) is 0.600. The lowest BCUT2D eigenvalue weighted by molar-refractivity contribution is -0.123. The highest BCUT2D eigenvalue weighted by Gasteiger charge is 2.16. The van der Waals surface area contributed by atoms with Crippen LogP contribution < -0.4 is 15.0 Å². The summed E-state index contributed by atoms with van der Waals surface area (Å²) in [6.45, 7) is 5.50. The molecule has 1 N–H and O–H groups in total. The fraction of sp³-hybridized carbons (Fsp3) is 0.381. The van der Waals surface area contributed by atoms with Crippen molar-refractivity contribution in [3.8, 4) is 5.75 Å². The Kier molecular flexibility index (Phi) is 8.30. The maximum absolute atomic E-state index is 11.9. The van der Waals surface area contributed by atoms with Crippen molar-refractivity contribution in [3.05, 3.63) is 57.5 Å². The second-order valence-corrected chi connectivity index (χ2v) is 8.15. The number of piperazine rings is 1. The van der Waals surface area contributed by atoms with E-state index in [9.17, 15) is 4.79 Å². The molecule has 0 bridgehead atoms. The molecule has 0 atom stereocenters. The van der Waals surface area contributed by atoms with Crippen LogP contribution in [0.25, 0.3) is 0 Å². The van der Waals surface area contributed by atoms with Gasteiger partial charge < -0.3 is 15.0 Å². The van der Waals surface area contributed by atoms with Gasteiger partial charge in [0.2, 0.25) is 0 Å². The van der Waals surface area contributed by atoms with Gasteiger partial charge in [0.1, 0.15) is 5.75 Å². The molecule has 0 unspecified atom stereocenters. The summed E-state index contributed by atoms with van der Waals surface area (Å²) in [4.78, 5) is 16.7. The zero-order chi connectivity index (χ0) is 20.6. The van der Waals surface area contributed by atoms with Gasteiger partial charge >= 0.3 is 0 Å². The van der Waals surface area contributed by atoms with Crippen LogP contribution >= 0.6 is 34.8 Å². The van der Waals surface area contributed by atoms with Crippen molar-refractivity contribution < 1.29 is 9.53 Å². The van der Waals surface area contributed by atoms with Crippen molar-refractivity contribution in [2.75, 3.05) is 50.8 Å². The van der Waals surface area contributed by atoms with Crippen molar-refractivity contribution in [2.45, 2.75) is 6.42 Å². The molecule has 1 aliphatic heterocycles. The van der Waals surface area contributed by atoms with E-state index >= 15 is 0 Å². The SMILES string of the molecule is O=C(COc1ccc(Cl)cc1Cl)NCCCN1CCN(c2ccc(Cl)cc2)CC1. The first-order valence-corrected chi connectivity index (χ1v) is 10.7. The first-order valence-electron chi connectivity index (χ1n) is 9.59. The number of carbonyl (C=O) groups is 1. The molecule has 0 saturated carbocycles. The molecule has 1 heterocycles. The Labute approximate surface area is 186 Å². The third kappa shape index (κ3) is 6.96. The van der Waals surface area contributed by atoms with Crippen LogP contribution in [0.4, 0.5) is 5.69 Å². The third-order valence-corrected chi connectivity index (χ3v) is 5.57. The molecule has 2 aromatic rings. The molecule has 1 fully saturated rings. The van der Waals surface area contributed by atoms with Gasteiger partial charge in [0.15, 0.2) is 6.61 Å². The highest BCUT2D eigenvalue weighted by Crippen LogP contribution is 2.27. The predicted molar refractivity (Wildman–Crippen MR) is 120 cm³/mol. The molecule has 1 amide bonds. The molecule has 1 aliphatic rings. The number of carbonyl (C=O) groups excluding carboxylic acids is 1. The van der Waals surface area contributed by atoms with Crippen LogP contribution in [0, 0.1) is 0 Å². The molecule has 0 aliphatic carbocycles. The maximum Gasteiger partial charge on any atom is 0.257 e. The van der Waals surface area contributed by atoms with E-state index in [1.807, 2.05) is 12.1 Å². The average Bonchev–Trinajstić information content (AvgIpc) is 2.72. The molecule has 0 spiro atoms. The first-order chi connectivity index (χ1) is 14.0. The molecule has 8 heteroatoms. The summed E-state index contributed by atoms with van der Waals surface area (Å²) in [5, 5.41) is 4.56. The number of nitrogens with one attached hydrogen (secondary N) is 1. The number of rotatable bonds is 8. The maximum atomic E-state index is 11.9. The molecule has 2 aromatic carbocycles. The van der Waals surface area contributed by atoms with Crippen LogP contribution in [-0.4, -0.2) is 56.7 Å². The highest BCUT2D eigenvalue weighted by molar-refractivity contribution is 6.35. The molecule has 5 nitrogen and oxygen atoms in total. The number of halogens is 3. The average molecular weight is 457 g/mol. The topological polar surface area (TPSA) is 44.8 Å². The fourth-order valence-electron chi connectivity index (χ4n) is 3.20. The van der Waals surface area contributed by atoms with E-state index in [0.29, 0.717) is 22.3 Å². The Hall–Kier alpha value is -1.66.